The summed E-state index contributed by atoms with van der Waals surface area (Å²) < 4.78 is 21.0. The molecule has 1 aromatic carbocycles. The van der Waals surface area contributed by atoms with E-state index in [1.807, 2.05) is 32.9 Å². The van der Waals surface area contributed by atoms with Gasteiger partial charge in [0.15, 0.2) is 0 Å². The van der Waals surface area contributed by atoms with Gasteiger partial charge in [0.25, 0.3) is 11.5 Å². The summed E-state index contributed by atoms with van der Waals surface area (Å²) in [7, 11) is 3.95. The van der Waals surface area contributed by atoms with Crippen LogP contribution in [0.2, 0.25) is 0 Å². The number of aromatic amines is 1. The van der Waals surface area contributed by atoms with Crippen LogP contribution in [0.3, 0.4) is 0 Å². The molecule has 4 fully saturated rings. The Morgan fingerprint density at radius 1 is 0.889 bits per heavy atom. The number of nitrogens with zero attached hydrogens (tertiary/aromatic N) is 4. The first kappa shape index (κ1) is 53.7. The predicted molar refractivity (Wildman–Crippen MR) is 260 cm³/mol. The molecule has 348 valence electrons. The lowest BCUT2D eigenvalue weighted by molar-refractivity contribution is 0.0443. The van der Waals surface area contributed by atoms with Crippen molar-refractivity contribution in [2.24, 2.45) is 0 Å². The maximum atomic E-state index is 13.7. The van der Waals surface area contributed by atoms with Crippen molar-refractivity contribution in [3.63, 3.8) is 0 Å². The normalized spacial score (nSPS) is 18.9. The number of hydrogen-bond acceptors (Lipinski definition) is 10. The van der Waals surface area contributed by atoms with Crippen LogP contribution in [-0.2, 0) is 25.5 Å². The van der Waals surface area contributed by atoms with Gasteiger partial charge < -0.3 is 39.0 Å². The maximum Gasteiger partial charge on any atom is 0.253 e. The highest BCUT2D eigenvalue weighted by atomic mass is 79.9. The summed E-state index contributed by atoms with van der Waals surface area (Å²) in [6.45, 7) is 21.0. The predicted octanol–water partition coefficient (Wildman–Crippen LogP) is 5.78. The molecule has 1 aliphatic carbocycles. The molecule has 6 rings (SSSR count). The van der Waals surface area contributed by atoms with E-state index in [-0.39, 0.29) is 18.0 Å². The van der Waals surface area contributed by atoms with Gasteiger partial charge in [-0.3, -0.25) is 19.4 Å². The molecule has 0 unspecified atom stereocenters. The zero-order chi connectivity index (χ0) is 45.8. The number of benzene rings is 1. The van der Waals surface area contributed by atoms with Gasteiger partial charge in [-0.25, -0.2) is 0 Å². The number of aryl methyl sites for hydroxylation is 2. The monoisotopic (exact) mass is 934 g/mol. The number of anilines is 1. The average molecular weight is 936 g/mol. The fourth-order valence-electron chi connectivity index (χ4n) is 8.11. The topological polar surface area (TPSA) is 112 Å². The van der Waals surface area contributed by atoms with Gasteiger partial charge in [0.05, 0.1) is 51.5 Å². The third-order valence-electron chi connectivity index (χ3n) is 11.8. The summed E-state index contributed by atoms with van der Waals surface area (Å²) in [5, 5.41) is 3.69. The Morgan fingerprint density at radius 3 is 1.98 bits per heavy atom. The Labute approximate surface area is 387 Å². The molecule has 2 aromatic rings. The van der Waals surface area contributed by atoms with Crippen molar-refractivity contribution < 1.29 is 23.7 Å². The first-order chi connectivity index (χ1) is 30.6. The fourth-order valence-corrected chi connectivity index (χ4v) is 8.11. The molecule has 1 aromatic heterocycles. The quantitative estimate of drug-likeness (QED) is 0.201. The zero-order valence-electron chi connectivity index (χ0n) is 39.1. The van der Waals surface area contributed by atoms with E-state index in [9.17, 15) is 9.59 Å². The molecule has 13 heteroatoms. The minimum absolute atomic E-state index is 0.163. The highest BCUT2D eigenvalue weighted by molar-refractivity contribution is 9.09. The zero-order valence-corrected chi connectivity index (χ0v) is 40.7. The number of methoxy groups -OCH3 is 1. The SMILES string of the molecule is C#CCBr.C#CCN1CCOCC1.C1CCOCC1.CCN(c1cc(C#CCN2CCOCC2)cc(C(=O)NCc2c(C)cc(C)[nH]c2=O)c1C)C1CCC(N(C)CCOC)CC1. The summed E-state index contributed by atoms with van der Waals surface area (Å²) >= 11 is 3.01. The van der Waals surface area contributed by atoms with Crippen molar-refractivity contribution in [3.8, 4) is 36.5 Å². The number of carbonyl (C=O) groups is 1. The molecule has 0 radical (unpaired) electrons. The van der Waals surface area contributed by atoms with Gasteiger partial charge in [-0.1, -0.05) is 39.6 Å². The number of hydrogen-bond donors (Lipinski definition) is 2. The van der Waals surface area contributed by atoms with Crippen LogP contribution in [0.15, 0.2) is 23.0 Å². The number of terminal acetylenes is 2. The molecule has 1 amide bonds. The van der Waals surface area contributed by atoms with Crippen molar-refractivity contribution in [2.75, 3.05) is 123 Å². The molecule has 2 N–H and O–H groups in total. The minimum Gasteiger partial charge on any atom is -0.383 e. The molecule has 1 saturated carbocycles. The van der Waals surface area contributed by atoms with Crippen molar-refractivity contribution in [1.29, 1.82) is 0 Å². The van der Waals surface area contributed by atoms with Crippen LogP contribution in [0.5, 0.6) is 0 Å². The lowest BCUT2D eigenvalue weighted by Gasteiger charge is -2.41. The number of aromatic nitrogens is 1. The second kappa shape index (κ2) is 31.2. The van der Waals surface area contributed by atoms with Gasteiger partial charge in [-0.05, 0) is 109 Å². The molecular weight excluding hydrogens is 860 g/mol. The standard InChI is InChI=1S/C35H51N5O4.C7H11NO.C5H10O.C3H3Br/c1-7-40(30-12-10-29(11-13-30)38(5)15-18-43-6)33-23-28(9-8-14-39-16-19-44-20-17-39)22-31(27(33)4)34(41)36-24-32-25(2)21-26(3)37-35(32)42;1-2-3-8-4-6-9-7-5-8;1-2-4-6-5-3-1;1-2-3-4/h21-23,29-30H,7,10-20,24H2,1-6H3,(H,36,41)(H,37,42);1H,3-7H2;1-5H2;1H,3H2. The maximum absolute atomic E-state index is 13.7. The Morgan fingerprint density at radius 2 is 1.48 bits per heavy atom. The smallest absolute Gasteiger partial charge is 0.253 e. The van der Waals surface area contributed by atoms with E-state index in [0.29, 0.717) is 35.1 Å². The first-order valence-electron chi connectivity index (χ1n) is 22.7. The van der Waals surface area contributed by atoms with E-state index in [1.165, 1.54) is 19.3 Å². The van der Waals surface area contributed by atoms with E-state index < -0.39 is 0 Å². The highest BCUT2D eigenvalue weighted by Crippen LogP contribution is 2.33. The molecule has 0 spiro atoms. The van der Waals surface area contributed by atoms with Gasteiger partial charge in [0, 0.05) is 106 Å². The van der Waals surface area contributed by atoms with E-state index in [2.05, 4.69) is 89.5 Å². The van der Waals surface area contributed by atoms with Crippen LogP contribution in [-0.4, -0.2) is 156 Å². The number of likely N-dealkylation sites (N-methyl/N-ethyl adjacent to an activating group) is 1. The van der Waals surface area contributed by atoms with Gasteiger partial charge in [0.1, 0.15) is 0 Å². The van der Waals surface area contributed by atoms with Crippen LogP contribution in [0.25, 0.3) is 0 Å². The number of alkyl halides is 1. The first-order valence-corrected chi connectivity index (χ1v) is 23.9. The summed E-state index contributed by atoms with van der Waals surface area (Å²) in [5.74, 6) is 11.5. The molecule has 3 aliphatic heterocycles. The average Bonchev–Trinajstić information content (AvgIpc) is 3.31. The number of halogens is 1. The van der Waals surface area contributed by atoms with Gasteiger partial charge in [-0.15, -0.1) is 12.8 Å². The molecule has 4 heterocycles. The molecule has 3 saturated heterocycles. The van der Waals surface area contributed by atoms with Gasteiger partial charge in [-0.2, -0.15) is 0 Å². The van der Waals surface area contributed by atoms with E-state index in [0.717, 1.165) is 146 Å². The number of carbonyl (C=O) groups excluding carboxylic acids is 1. The van der Waals surface area contributed by atoms with Crippen LogP contribution < -0.4 is 15.8 Å². The number of pyridine rings is 1. The molecule has 0 bridgehead atoms. The van der Waals surface area contributed by atoms with Crippen molar-refractivity contribution >= 4 is 27.5 Å². The summed E-state index contributed by atoms with van der Waals surface area (Å²) in [4.78, 5) is 38.6. The second-order valence-corrected chi connectivity index (χ2v) is 16.9. The molecular formula is C50H75BrN6O6. The highest BCUT2D eigenvalue weighted by Gasteiger charge is 2.29. The Balaban J connectivity index is 0.000000454. The lowest BCUT2D eigenvalue weighted by atomic mass is 9.88. The number of H-pyrrole nitrogens is 1. The number of rotatable bonds is 12. The van der Waals surface area contributed by atoms with Crippen molar-refractivity contribution in [1.82, 2.24) is 25.0 Å². The molecule has 0 atom stereocenters. The molecule has 63 heavy (non-hydrogen) atoms. The van der Waals surface area contributed by atoms with E-state index >= 15 is 0 Å². The van der Waals surface area contributed by atoms with Gasteiger partial charge in [0.2, 0.25) is 0 Å². The van der Waals surface area contributed by atoms with Crippen LogP contribution in [0.4, 0.5) is 5.69 Å². The fraction of sp³-hybridized carbons (Fsp3) is 0.640. The molecule has 4 aliphatic rings. The largest absolute Gasteiger partial charge is 0.383 e. The van der Waals surface area contributed by atoms with Crippen LogP contribution >= 0.6 is 15.9 Å². The summed E-state index contributed by atoms with van der Waals surface area (Å²) in [6.07, 6.45) is 18.3. The Bertz CT molecular complexity index is 1830. The number of nitrogens with one attached hydrogen (secondary N) is 2. The van der Waals surface area contributed by atoms with Crippen LogP contribution in [0.1, 0.15) is 90.2 Å². The second-order valence-electron chi connectivity index (χ2n) is 16.3. The minimum atomic E-state index is -0.195. The Hall–Kier alpha value is -3.68. The third kappa shape index (κ3) is 19.5. The third-order valence-corrected chi connectivity index (χ3v) is 12.1. The Kier molecular flexibility index (Phi) is 26.6. The lowest BCUT2D eigenvalue weighted by Crippen LogP contribution is -2.44. The van der Waals surface area contributed by atoms with Crippen LogP contribution in [0, 0.1) is 57.3 Å². The van der Waals surface area contributed by atoms with E-state index in [4.69, 9.17) is 31.8 Å². The van der Waals surface area contributed by atoms with Crippen molar-refractivity contribution in [2.45, 2.75) is 91.3 Å². The van der Waals surface area contributed by atoms with Gasteiger partial charge >= 0.3 is 0 Å². The number of amides is 1. The number of ether oxygens (including phenoxy) is 4. The van der Waals surface area contributed by atoms with Crippen molar-refractivity contribution in [3.05, 3.63) is 62.1 Å². The summed E-state index contributed by atoms with van der Waals surface area (Å²) in [5.41, 5.74) is 5.53. The number of morpholine rings is 2. The summed E-state index contributed by atoms with van der Waals surface area (Å²) in [6, 6.07) is 6.95. The van der Waals surface area contributed by atoms with E-state index in [1.54, 1.807) is 7.11 Å². The molecule has 12 nitrogen and oxygen atoms in total.